The van der Waals surface area contributed by atoms with Gasteiger partial charge in [-0.2, -0.15) is 5.10 Å². The minimum absolute atomic E-state index is 0.447. The number of rotatable bonds is 7. The third-order valence-electron chi connectivity index (χ3n) is 3.46. The lowest BCUT2D eigenvalue weighted by Crippen LogP contribution is -2.16. The molecule has 0 saturated carbocycles. The second kappa shape index (κ2) is 6.59. The number of halogens is 1. The highest BCUT2D eigenvalue weighted by atomic mass is 35.5. The van der Waals surface area contributed by atoms with Gasteiger partial charge in [-0.15, -0.1) is 11.6 Å². The number of aromatic nitrogens is 4. The van der Waals surface area contributed by atoms with Crippen LogP contribution in [-0.4, -0.2) is 44.9 Å². The van der Waals surface area contributed by atoms with Crippen LogP contribution in [0.4, 0.5) is 0 Å². The Morgan fingerprint density at radius 1 is 1.30 bits per heavy atom. The van der Waals surface area contributed by atoms with Crippen LogP contribution in [0.1, 0.15) is 31.3 Å². The number of hydrogen-bond donors (Lipinski definition) is 0. The van der Waals surface area contributed by atoms with E-state index in [1.165, 1.54) is 0 Å². The smallest absolute Gasteiger partial charge is 0.158 e. The van der Waals surface area contributed by atoms with Crippen LogP contribution in [-0.2, 0) is 25.9 Å². The average molecular weight is 298 g/mol. The van der Waals surface area contributed by atoms with Crippen LogP contribution in [0, 0.1) is 0 Å². The molecule has 0 atom stereocenters. The number of imidazole rings is 1. The van der Waals surface area contributed by atoms with Gasteiger partial charge in [0.2, 0.25) is 0 Å². The van der Waals surface area contributed by atoms with Gasteiger partial charge in [0.15, 0.2) is 5.65 Å². The Morgan fingerprint density at radius 3 is 2.65 bits per heavy atom. The Labute approximate surface area is 125 Å². The molecule has 2 rings (SSSR count). The molecule has 0 fully saturated rings. The number of hydrogen-bond acceptors (Lipinski definition) is 3. The molecule has 0 unspecified atom stereocenters. The molecule has 0 spiro atoms. The first kappa shape index (κ1) is 15.3. The summed E-state index contributed by atoms with van der Waals surface area (Å²) in [5.74, 6) is 1.40. The minimum Gasteiger partial charge on any atom is -0.312 e. The summed E-state index contributed by atoms with van der Waals surface area (Å²) in [5.41, 5.74) is 3.21. The fourth-order valence-corrected chi connectivity index (χ4v) is 2.78. The molecule has 0 saturated heterocycles. The highest BCUT2D eigenvalue weighted by Gasteiger charge is 2.18. The first-order chi connectivity index (χ1) is 9.58. The van der Waals surface area contributed by atoms with Gasteiger partial charge < -0.3 is 9.47 Å². The van der Waals surface area contributed by atoms with Crippen molar-refractivity contribution in [2.45, 2.75) is 38.6 Å². The van der Waals surface area contributed by atoms with Crippen LogP contribution < -0.4 is 0 Å². The molecule has 0 aliphatic carbocycles. The van der Waals surface area contributed by atoms with Gasteiger partial charge in [0, 0.05) is 13.6 Å². The zero-order valence-corrected chi connectivity index (χ0v) is 13.6. The minimum atomic E-state index is 0.447. The van der Waals surface area contributed by atoms with E-state index >= 15 is 0 Å². The highest BCUT2D eigenvalue weighted by molar-refractivity contribution is 6.16. The van der Waals surface area contributed by atoms with Crippen molar-refractivity contribution in [3.8, 4) is 0 Å². The Balaban J connectivity index is 2.35. The summed E-state index contributed by atoms with van der Waals surface area (Å²) in [4.78, 5) is 6.90. The summed E-state index contributed by atoms with van der Waals surface area (Å²) in [7, 11) is 6.18. The van der Waals surface area contributed by atoms with Gasteiger partial charge in [-0.3, -0.25) is 4.68 Å². The quantitative estimate of drug-likeness (QED) is 0.737. The maximum absolute atomic E-state index is 6.06. The van der Waals surface area contributed by atoms with Crippen molar-refractivity contribution in [1.82, 2.24) is 24.2 Å². The average Bonchev–Trinajstić information content (AvgIpc) is 2.89. The highest BCUT2D eigenvalue weighted by Crippen LogP contribution is 2.22. The molecule has 0 N–H and O–H groups in total. The predicted octanol–water partition coefficient (Wildman–Crippen LogP) is 2.41. The predicted molar refractivity (Wildman–Crippen MR) is 83.2 cm³/mol. The summed E-state index contributed by atoms with van der Waals surface area (Å²) >= 11 is 6.06. The molecule has 2 heterocycles. The van der Waals surface area contributed by atoms with Crippen molar-refractivity contribution >= 4 is 22.8 Å². The van der Waals surface area contributed by atoms with E-state index in [-0.39, 0.29) is 0 Å². The third kappa shape index (κ3) is 2.99. The van der Waals surface area contributed by atoms with E-state index in [9.17, 15) is 0 Å². The SMILES string of the molecule is CCCc1nn(C)c2c1nc(CCl)n2CCCN(C)C. The number of nitrogens with zero attached hydrogens (tertiary/aromatic N) is 5. The van der Waals surface area contributed by atoms with Gasteiger partial charge in [0.25, 0.3) is 0 Å². The number of fused-ring (bicyclic) bond motifs is 1. The molecule has 2 aromatic heterocycles. The van der Waals surface area contributed by atoms with E-state index < -0.39 is 0 Å². The van der Waals surface area contributed by atoms with E-state index in [1.54, 1.807) is 0 Å². The second-order valence-electron chi connectivity index (χ2n) is 5.46. The summed E-state index contributed by atoms with van der Waals surface area (Å²) in [6.45, 7) is 4.15. The summed E-state index contributed by atoms with van der Waals surface area (Å²) < 4.78 is 4.16. The van der Waals surface area contributed by atoms with Crippen molar-refractivity contribution in [3.05, 3.63) is 11.5 Å². The molecule has 0 aliphatic heterocycles. The Morgan fingerprint density at radius 2 is 2.05 bits per heavy atom. The van der Waals surface area contributed by atoms with Gasteiger partial charge in [-0.05, 0) is 33.5 Å². The molecular formula is C14H24ClN5. The standard InChI is InChI=1S/C14H24ClN5/c1-5-7-11-13-14(19(4)17-11)20(12(10-15)16-13)9-6-8-18(2)3/h5-10H2,1-4H3. The van der Waals surface area contributed by atoms with Crippen molar-refractivity contribution in [3.63, 3.8) is 0 Å². The maximum Gasteiger partial charge on any atom is 0.158 e. The zero-order chi connectivity index (χ0) is 14.7. The van der Waals surface area contributed by atoms with Crippen LogP contribution in [0.25, 0.3) is 11.2 Å². The van der Waals surface area contributed by atoms with E-state index in [4.69, 9.17) is 16.6 Å². The summed E-state index contributed by atoms with van der Waals surface area (Å²) in [6, 6.07) is 0. The van der Waals surface area contributed by atoms with Crippen LogP contribution in [0.3, 0.4) is 0 Å². The maximum atomic E-state index is 6.06. The van der Waals surface area contributed by atoms with Crippen molar-refractivity contribution in [2.75, 3.05) is 20.6 Å². The fraction of sp³-hybridized carbons (Fsp3) is 0.714. The van der Waals surface area contributed by atoms with Gasteiger partial charge in [-0.25, -0.2) is 4.98 Å². The number of aryl methyl sites for hydroxylation is 3. The molecule has 112 valence electrons. The molecule has 0 aromatic carbocycles. The molecule has 6 heteroatoms. The fourth-order valence-electron chi connectivity index (χ4n) is 2.57. The Bertz CT molecular complexity index is 570. The van der Waals surface area contributed by atoms with E-state index in [1.807, 2.05) is 11.7 Å². The van der Waals surface area contributed by atoms with Crippen LogP contribution in [0.15, 0.2) is 0 Å². The summed E-state index contributed by atoms with van der Waals surface area (Å²) in [6.07, 6.45) is 3.13. The Hall–Kier alpha value is -1.07. The molecule has 0 bridgehead atoms. The zero-order valence-electron chi connectivity index (χ0n) is 12.9. The van der Waals surface area contributed by atoms with Crippen molar-refractivity contribution in [2.24, 2.45) is 7.05 Å². The normalized spacial score (nSPS) is 11.9. The van der Waals surface area contributed by atoms with Crippen LogP contribution in [0.5, 0.6) is 0 Å². The molecule has 20 heavy (non-hydrogen) atoms. The van der Waals surface area contributed by atoms with Gasteiger partial charge in [0.1, 0.15) is 11.3 Å². The first-order valence-electron chi connectivity index (χ1n) is 7.20. The van der Waals surface area contributed by atoms with E-state index in [2.05, 4.69) is 35.6 Å². The largest absolute Gasteiger partial charge is 0.312 e. The summed E-state index contributed by atoms with van der Waals surface area (Å²) in [5, 5.41) is 4.60. The molecule has 5 nitrogen and oxygen atoms in total. The lowest BCUT2D eigenvalue weighted by atomic mass is 10.2. The van der Waals surface area contributed by atoms with Crippen LogP contribution in [0.2, 0.25) is 0 Å². The molecular weight excluding hydrogens is 274 g/mol. The topological polar surface area (TPSA) is 38.9 Å². The van der Waals surface area contributed by atoms with Crippen molar-refractivity contribution in [1.29, 1.82) is 0 Å². The first-order valence-corrected chi connectivity index (χ1v) is 7.73. The molecule has 0 amide bonds. The Kier molecular flexibility index (Phi) is 5.05. The third-order valence-corrected chi connectivity index (χ3v) is 3.70. The van der Waals surface area contributed by atoms with Crippen molar-refractivity contribution < 1.29 is 0 Å². The van der Waals surface area contributed by atoms with Gasteiger partial charge >= 0.3 is 0 Å². The van der Waals surface area contributed by atoms with Gasteiger partial charge in [0.05, 0.1) is 11.6 Å². The van der Waals surface area contributed by atoms with Gasteiger partial charge in [-0.1, -0.05) is 13.3 Å². The van der Waals surface area contributed by atoms with E-state index in [0.717, 1.165) is 55.0 Å². The number of alkyl halides is 1. The van der Waals surface area contributed by atoms with Crippen LogP contribution >= 0.6 is 11.6 Å². The monoisotopic (exact) mass is 297 g/mol. The molecule has 0 radical (unpaired) electrons. The lowest BCUT2D eigenvalue weighted by molar-refractivity contribution is 0.386. The lowest BCUT2D eigenvalue weighted by Gasteiger charge is -2.11. The molecule has 0 aliphatic rings. The second-order valence-corrected chi connectivity index (χ2v) is 5.73. The van der Waals surface area contributed by atoms with E-state index in [0.29, 0.717) is 5.88 Å². The molecule has 2 aromatic rings.